The van der Waals surface area contributed by atoms with Crippen LogP contribution in [-0.4, -0.2) is 37.5 Å². The van der Waals surface area contributed by atoms with Gasteiger partial charge in [0.25, 0.3) is 0 Å². The molecule has 0 aromatic carbocycles. The van der Waals surface area contributed by atoms with Gasteiger partial charge in [-0.1, -0.05) is 20.8 Å². The van der Waals surface area contributed by atoms with Gasteiger partial charge in [-0.2, -0.15) is 0 Å². The summed E-state index contributed by atoms with van der Waals surface area (Å²) >= 11 is 0. The van der Waals surface area contributed by atoms with Gasteiger partial charge in [-0.15, -0.1) is 0 Å². The van der Waals surface area contributed by atoms with Crippen molar-refractivity contribution in [3.8, 4) is 0 Å². The molecule has 1 aliphatic heterocycles. The molecule has 3 heteroatoms. The summed E-state index contributed by atoms with van der Waals surface area (Å²) in [5.74, 6) is 1.00. The van der Waals surface area contributed by atoms with E-state index in [0.717, 1.165) is 31.8 Å². The summed E-state index contributed by atoms with van der Waals surface area (Å²) in [6, 6.07) is 0. The van der Waals surface area contributed by atoms with E-state index in [-0.39, 0.29) is 5.91 Å². The zero-order valence-corrected chi connectivity index (χ0v) is 10.5. The topological polar surface area (TPSA) is 32.3 Å². The highest BCUT2D eigenvalue weighted by Gasteiger charge is 2.29. The van der Waals surface area contributed by atoms with Crippen molar-refractivity contribution >= 4 is 5.91 Å². The fourth-order valence-corrected chi connectivity index (χ4v) is 2.26. The van der Waals surface area contributed by atoms with Crippen molar-refractivity contribution in [1.82, 2.24) is 10.2 Å². The first kappa shape index (κ1) is 12.5. The lowest BCUT2D eigenvalue weighted by molar-refractivity contribution is -0.132. The molecule has 15 heavy (non-hydrogen) atoms. The molecule has 0 radical (unpaired) electrons. The summed E-state index contributed by atoms with van der Waals surface area (Å²) in [6.07, 6.45) is 2.30. The first-order valence-corrected chi connectivity index (χ1v) is 5.87. The smallest absolute Gasteiger partial charge is 0.236 e. The molecule has 1 aliphatic rings. The third kappa shape index (κ3) is 3.49. The van der Waals surface area contributed by atoms with Gasteiger partial charge in [-0.3, -0.25) is 4.79 Å². The minimum Gasteiger partial charge on any atom is -0.342 e. The second kappa shape index (κ2) is 4.97. The Balaban J connectivity index is 2.39. The molecular weight excluding hydrogens is 188 g/mol. The Morgan fingerprint density at radius 2 is 1.87 bits per heavy atom. The van der Waals surface area contributed by atoms with E-state index in [1.54, 1.807) is 0 Å². The van der Waals surface area contributed by atoms with Crippen molar-refractivity contribution in [2.24, 2.45) is 11.3 Å². The number of nitrogens with one attached hydrogen (secondary N) is 1. The molecule has 1 N–H and O–H groups in total. The molecule has 0 bridgehead atoms. The Kier molecular flexibility index (Phi) is 4.14. The normalized spacial score (nSPS) is 19.3. The fraction of sp³-hybridized carbons (Fsp3) is 0.917. The average Bonchev–Trinajstić information content (AvgIpc) is 2.17. The minimum absolute atomic E-state index is 0.241. The van der Waals surface area contributed by atoms with Gasteiger partial charge in [-0.25, -0.2) is 0 Å². The van der Waals surface area contributed by atoms with Gasteiger partial charge in [0.2, 0.25) is 5.91 Å². The molecule has 1 fully saturated rings. The van der Waals surface area contributed by atoms with Crippen molar-refractivity contribution in [2.45, 2.75) is 33.6 Å². The van der Waals surface area contributed by atoms with Gasteiger partial charge >= 0.3 is 0 Å². The highest BCUT2D eigenvalue weighted by molar-refractivity contribution is 5.78. The average molecular weight is 212 g/mol. The van der Waals surface area contributed by atoms with E-state index in [1.807, 2.05) is 11.9 Å². The van der Waals surface area contributed by atoms with Crippen LogP contribution in [0.25, 0.3) is 0 Å². The summed E-state index contributed by atoms with van der Waals surface area (Å²) in [5.41, 5.74) is 0.387. The fourth-order valence-electron chi connectivity index (χ4n) is 2.26. The van der Waals surface area contributed by atoms with Crippen molar-refractivity contribution in [2.75, 3.05) is 26.7 Å². The van der Waals surface area contributed by atoms with Crippen LogP contribution in [0.4, 0.5) is 0 Å². The molecule has 0 aromatic heterocycles. The first-order valence-electron chi connectivity index (χ1n) is 5.87. The van der Waals surface area contributed by atoms with E-state index < -0.39 is 0 Å². The zero-order chi connectivity index (χ0) is 11.5. The Morgan fingerprint density at radius 3 is 2.27 bits per heavy atom. The molecule has 1 heterocycles. The van der Waals surface area contributed by atoms with Crippen LogP contribution in [-0.2, 0) is 4.79 Å². The SMILES string of the molecule is CNCC(=O)N1CCC(C(C)(C)C)CC1. The van der Waals surface area contributed by atoms with Crippen LogP contribution in [0, 0.1) is 11.3 Å². The number of rotatable bonds is 2. The Bertz CT molecular complexity index is 212. The number of carbonyl (C=O) groups excluding carboxylic acids is 1. The highest BCUT2D eigenvalue weighted by Crippen LogP contribution is 2.34. The summed E-state index contributed by atoms with van der Waals surface area (Å²) in [6.45, 7) is 9.22. The first-order chi connectivity index (χ1) is 6.95. The summed E-state index contributed by atoms with van der Waals surface area (Å²) in [4.78, 5) is 13.6. The lowest BCUT2D eigenvalue weighted by Gasteiger charge is -2.38. The molecule has 0 spiro atoms. The lowest BCUT2D eigenvalue weighted by atomic mass is 9.75. The van der Waals surface area contributed by atoms with Crippen molar-refractivity contribution < 1.29 is 4.79 Å². The maximum absolute atomic E-state index is 11.6. The number of piperidine rings is 1. The van der Waals surface area contributed by atoms with E-state index in [0.29, 0.717) is 12.0 Å². The number of likely N-dealkylation sites (tertiary alicyclic amines) is 1. The Labute approximate surface area is 93.2 Å². The standard InChI is InChI=1S/C12H24N2O/c1-12(2,3)10-5-7-14(8-6-10)11(15)9-13-4/h10,13H,5-9H2,1-4H3. The largest absolute Gasteiger partial charge is 0.342 e. The molecule has 3 nitrogen and oxygen atoms in total. The quantitative estimate of drug-likeness (QED) is 0.752. The van der Waals surface area contributed by atoms with E-state index in [4.69, 9.17) is 0 Å². The van der Waals surface area contributed by atoms with Crippen LogP contribution in [0.15, 0.2) is 0 Å². The van der Waals surface area contributed by atoms with E-state index in [9.17, 15) is 4.79 Å². The number of amides is 1. The molecule has 88 valence electrons. The summed E-state index contributed by atoms with van der Waals surface area (Å²) < 4.78 is 0. The number of likely N-dealkylation sites (N-methyl/N-ethyl adjacent to an activating group) is 1. The van der Waals surface area contributed by atoms with Crippen LogP contribution in [0.1, 0.15) is 33.6 Å². The predicted octanol–water partition coefficient (Wildman–Crippen LogP) is 1.49. The third-order valence-corrected chi connectivity index (χ3v) is 3.40. The maximum atomic E-state index is 11.6. The Morgan fingerprint density at radius 1 is 1.33 bits per heavy atom. The molecule has 0 saturated carbocycles. The van der Waals surface area contributed by atoms with Crippen LogP contribution < -0.4 is 5.32 Å². The van der Waals surface area contributed by atoms with E-state index in [1.165, 1.54) is 0 Å². The monoisotopic (exact) mass is 212 g/mol. The number of nitrogens with zero attached hydrogens (tertiary/aromatic N) is 1. The predicted molar refractivity (Wildman–Crippen MR) is 62.7 cm³/mol. The zero-order valence-electron chi connectivity index (χ0n) is 10.5. The molecule has 1 saturated heterocycles. The van der Waals surface area contributed by atoms with E-state index >= 15 is 0 Å². The van der Waals surface area contributed by atoms with Gasteiger partial charge in [0, 0.05) is 13.1 Å². The van der Waals surface area contributed by atoms with Gasteiger partial charge in [0.1, 0.15) is 0 Å². The molecule has 1 rings (SSSR count). The van der Waals surface area contributed by atoms with E-state index in [2.05, 4.69) is 26.1 Å². The van der Waals surface area contributed by atoms with Crippen molar-refractivity contribution in [3.05, 3.63) is 0 Å². The minimum atomic E-state index is 0.241. The van der Waals surface area contributed by atoms with Gasteiger partial charge < -0.3 is 10.2 Å². The molecule has 1 amide bonds. The third-order valence-electron chi connectivity index (χ3n) is 3.40. The number of hydrogen-bond acceptors (Lipinski definition) is 2. The highest BCUT2D eigenvalue weighted by atomic mass is 16.2. The molecule has 0 aliphatic carbocycles. The van der Waals surface area contributed by atoms with Gasteiger partial charge in [0.15, 0.2) is 0 Å². The lowest BCUT2D eigenvalue weighted by Crippen LogP contribution is -2.44. The summed E-state index contributed by atoms with van der Waals surface area (Å²) in [5, 5.41) is 2.92. The van der Waals surface area contributed by atoms with Crippen molar-refractivity contribution in [1.29, 1.82) is 0 Å². The molecule has 0 atom stereocenters. The second-order valence-electron chi connectivity index (χ2n) is 5.55. The van der Waals surface area contributed by atoms with Crippen LogP contribution in [0.5, 0.6) is 0 Å². The van der Waals surface area contributed by atoms with Crippen LogP contribution in [0.2, 0.25) is 0 Å². The molecule has 0 aromatic rings. The molecule has 0 unspecified atom stereocenters. The molecular formula is C12H24N2O. The Hall–Kier alpha value is -0.570. The van der Waals surface area contributed by atoms with Crippen molar-refractivity contribution in [3.63, 3.8) is 0 Å². The number of hydrogen-bond donors (Lipinski definition) is 1. The van der Waals surface area contributed by atoms with Gasteiger partial charge in [0.05, 0.1) is 6.54 Å². The van der Waals surface area contributed by atoms with Crippen LogP contribution in [0.3, 0.4) is 0 Å². The number of carbonyl (C=O) groups is 1. The van der Waals surface area contributed by atoms with Gasteiger partial charge in [-0.05, 0) is 31.2 Å². The second-order valence-corrected chi connectivity index (χ2v) is 5.55. The maximum Gasteiger partial charge on any atom is 0.236 e. The van der Waals surface area contributed by atoms with Crippen LogP contribution >= 0.6 is 0 Å². The summed E-state index contributed by atoms with van der Waals surface area (Å²) in [7, 11) is 1.82.